The summed E-state index contributed by atoms with van der Waals surface area (Å²) in [4.78, 5) is 11.2. The van der Waals surface area contributed by atoms with E-state index in [2.05, 4.69) is 15.6 Å². The number of carboxylic acids is 1. The molecule has 7 heteroatoms. The Kier molecular flexibility index (Phi) is 5.73. The zero-order valence-electron chi connectivity index (χ0n) is 10.7. The summed E-state index contributed by atoms with van der Waals surface area (Å²) in [6, 6.07) is -0.838. The van der Waals surface area contributed by atoms with Crippen LogP contribution >= 0.6 is 0 Å². The fraction of sp³-hybridized carbons (Fsp3) is 0.727. The van der Waals surface area contributed by atoms with Crippen LogP contribution in [-0.4, -0.2) is 44.3 Å². The molecule has 0 spiro atoms. The van der Waals surface area contributed by atoms with Crippen LogP contribution in [0.4, 0.5) is 0 Å². The molecule has 102 valence electrons. The Bertz CT molecular complexity index is 378. The Morgan fingerprint density at radius 2 is 2.28 bits per heavy atom. The minimum atomic E-state index is -0.968. The zero-order valence-corrected chi connectivity index (χ0v) is 10.7. The average molecular weight is 256 g/mol. The van der Waals surface area contributed by atoms with Gasteiger partial charge in [-0.2, -0.15) is 0 Å². The van der Waals surface area contributed by atoms with E-state index in [-0.39, 0.29) is 6.61 Å². The Morgan fingerprint density at radius 1 is 1.56 bits per heavy atom. The molecule has 0 fully saturated rings. The molecule has 1 rings (SSSR count). The van der Waals surface area contributed by atoms with E-state index in [9.17, 15) is 4.79 Å². The lowest BCUT2D eigenvalue weighted by Crippen LogP contribution is -2.31. The van der Waals surface area contributed by atoms with E-state index in [0.29, 0.717) is 31.1 Å². The first kappa shape index (κ1) is 14.6. The van der Waals surface area contributed by atoms with E-state index in [0.717, 1.165) is 0 Å². The van der Waals surface area contributed by atoms with Crippen LogP contribution in [0.5, 0.6) is 0 Å². The van der Waals surface area contributed by atoms with Crippen LogP contribution in [0.2, 0.25) is 0 Å². The molecule has 0 amide bonds. The van der Waals surface area contributed by atoms with Gasteiger partial charge in [0.15, 0.2) is 6.04 Å². The summed E-state index contributed by atoms with van der Waals surface area (Å²) in [5, 5.41) is 28.5. The molecule has 7 nitrogen and oxygen atoms in total. The first-order chi connectivity index (χ1) is 8.54. The first-order valence-electron chi connectivity index (χ1n) is 6.01. The van der Waals surface area contributed by atoms with Gasteiger partial charge in [0.25, 0.3) is 0 Å². The Morgan fingerprint density at radius 3 is 2.83 bits per heavy atom. The van der Waals surface area contributed by atoms with Gasteiger partial charge in [0.05, 0.1) is 6.20 Å². The zero-order chi connectivity index (χ0) is 13.5. The second-order valence-electron chi connectivity index (χ2n) is 4.56. The van der Waals surface area contributed by atoms with Crippen molar-refractivity contribution in [2.75, 3.05) is 13.2 Å². The number of nitrogens with zero attached hydrogens (tertiary/aromatic N) is 3. The molecule has 0 aliphatic heterocycles. The van der Waals surface area contributed by atoms with Gasteiger partial charge in [-0.15, -0.1) is 5.10 Å². The third-order valence-corrected chi connectivity index (χ3v) is 2.37. The van der Waals surface area contributed by atoms with Crippen LogP contribution in [-0.2, 0) is 11.3 Å². The van der Waals surface area contributed by atoms with E-state index in [1.165, 1.54) is 0 Å². The monoisotopic (exact) mass is 256 g/mol. The lowest BCUT2D eigenvalue weighted by Gasteiger charge is -2.13. The van der Waals surface area contributed by atoms with E-state index in [1.807, 2.05) is 13.8 Å². The second-order valence-corrected chi connectivity index (χ2v) is 4.56. The van der Waals surface area contributed by atoms with E-state index < -0.39 is 12.0 Å². The molecule has 1 atom stereocenters. The Balaban J connectivity index is 2.67. The second kappa shape index (κ2) is 7.07. The summed E-state index contributed by atoms with van der Waals surface area (Å²) in [6.45, 7) is 5.21. The van der Waals surface area contributed by atoms with Crippen LogP contribution in [0.25, 0.3) is 0 Å². The highest BCUT2D eigenvalue weighted by Crippen LogP contribution is 2.10. The molecule has 18 heavy (non-hydrogen) atoms. The van der Waals surface area contributed by atoms with Crippen LogP contribution in [0.15, 0.2) is 6.20 Å². The maximum Gasteiger partial charge on any atom is 0.327 e. The van der Waals surface area contributed by atoms with Gasteiger partial charge in [0, 0.05) is 13.2 Å². The number of aryl methyl sites for hydroxylation is 1. The number of carbonyl (C=O) groups is 1. The summed E-state index contributed by atoms with van der Waals surface area (Å²) >= 11 is 0. The highest BCUT2D eigenvalue weighted by atomic mass is 16.4. The van der Waals surface area contributed by atoms with Gasteiger partial charge in [-0.3, -0.25) is 14.8 Å². The normalized spacial score (nSPS) is 12.9. The largest absolute Gasteiger partial charge is 0.480 e. The van der Waals surface area contributed by atoms with Crippen LogP contribution in [0.3, 0.4) is 0 Å². The molecule has 0 saturated carbocycles. The van der Waals surface area contributed by atoms with Gasteiger partial charge < -0.3 is 10.2 Å². The molecule has 0 radical (unpaired) electrons. The van der Waals surface area contributed by atoms with Crippen LogP contribution in [0.1, 0.15) is 32.0 Å². The maximum atomic E-state index is 11.2. The topological polar surface area (TPSA) is 100 Å². The molecular formula is C11H20N4O3. The number of hydrogen-bond acceptors (Lipinski definition) is 5. The fourth-order valence-electron chi connectivity index (χ4n) is 1.46. The smallest absolute Gasteiger partial charge is 0.327 e. The molecule has 1 heterocycles. The van der Waals surface area contributed by atoms with Crippen molar-refractivity contribution in [3.63, 3.8) is 0 Å². The van der Waals surface area contributed by atoms with Crippen molar-refractivity contribution in [2.24, 2.45) is 5.92 Å². The van der Waals surface area contributed by atoms with Gasteiger partial charge in [-0.25, -0.2) is 0 Å². The van der Waals surface area contributed by atoms with Gasteiger partial charge >= 0.3 is 5.97 Å². The number of rotatable bonds is 8. The molecule has 0 aliphatic carbocycles. The highest BCUT2D eigenvalue weighted by Gasteiger charge is 2.22. The number of aromatic nitrogens is 3. The van der Waals surface area contributed by atoms with Crippen molar-refractivity contribution >= 4 is 5.97 Å². The predicted molar refractivity (Wildman–Crippen MR) is 64.9 cm³/mol. The Labute approximate surface area is 106 Å². The lowest BCUT2D eigenvalue weighted by atomic mass is 10.1. The summed E-state index contributed by atoms with van der Waals surface area (Å²) < 4.78 is 1.54. The van der Waals surface area contributed by atoms with E-state index in [1.54, 1.807) is 10.9 Å². The van der Waals surface area contributed by atoms with Crippen LogP contribution in [0, 0.1) is 5.92 Å². The minimum absolute atomic E-state index is 0.0726. The van der Waals surface area contributed by atoms with Crippen molar-refractivity contribution in [1.82, 2.24) is 20.3 Å². The third kappa shape index (κ3) is 4.42. The number of carboxylic acid groups (broad SMARTS) is 1. The third-order valence-electron chi connectivity index (χ3n) is 2.37. The number of aliphatic hydroxyl groups is 1. The van der Waals surface area contributed by atoms with Crippen molar-refractivity contribution in [3.05, 3.63) is 11.9 Å². The molecule has 1 unspecified atom stereocenters. The summed E-state index contributed by atoms with van der Waals surface area (Å²) in [5.41, 5.74) is 0.390. The molecule has 1 aromatic heterocycles. The summed E-state index contributed by atoms with van der Waals surface area (Å²) in [7, 11) is 0. The van der Waals surface area contributed by atoms with Gasteiger partial charge in [0.1, 0.15) is 5.69 Å². The molecule has 0 saturated heterocycles. The van der Waals surface area contributed by atoms with Gasteiger partial charge in [-0.1, -0.05) is 19.1 Å². The average Bonchev–Trinajstić information content (AvgIpc) is 2.74. The number of hydrogen-bond donors (Lipinski definition) is 3. The Hall–Kier alpha value is -1.47. The number of nitrogens with one attached hydrogen (secondary N) is 1. The number of aliphatic carboxylic acids is 1. The molecule has 0 aliphatic rings. The minimum Gasteiger partial charge on any atom is -0.480 e. The predicted octanol–water partition coefficient (Wildman–Crippen LogP) is 0.0318. The quantitative estimate of drug-likeness (QED) is 0.607. The molecule has 1 aromatic rings. The summed E-state index contributed by atoms with van der Waals surface area (Å²) in [5.74, 6) is -0.610. The fourth-order valence-corrected chi connectivity index (χ4v) is 1.46. The molecule has 0 bridgehead atoms. The van der Waals surface area contributed by atoms with Crippen molar-refractivity contribution in [1.29, 1.82) is 0 Å². The van der Waals surface area contributed by atoms with Crippen molar-refractivity contribution in [2.45, 2.75) is 32.9 Å². The summed E-state index contributed by atoms with van der Waals surface area (Å²) in [6.07, 6.45) is 2.17. The van der Waals surface area contributed by atoms with Gasteiger partial charge in [-0.05, 0) is 18.9 Å². The lowest BCUT2D eigenvalue weighted by molar-refractivity contribution is -0.139. The molecule has 3 N–H and O–H groups in total. The van der Waals surface area contributed by atoms with Crippen molar-refractivity contribution < 1.29 is 15.0 Å². The first-order valence-corrected chi connectivity index (χ1v) is 6.01. The highest BCUT2D eigenvalue weighted by molar-refractivity contribution is 5.74. The number of aliphatic hydroxyl groups excluding tert-OH is 1. The van der Waals surface area contributed by atoms with Crippen molar-refractivity contribution in [3.8, 4) is 0 Å². The maximum absolute atomic E-state index is 11.2. The van der Waals surface area contributed by atoms with Gasteiger partial charge in [0.2, 0.25) is 0 Å². The molecular weight excluding hydrogens is 236 g/mol. The standard InChI is InChI=1S/C11H20N4O3/c1-8(2)6-12-10(11(17)18)9-7-15(14-13-9)4-3-5-16/h7-8,10,12,16H,3-6H2,1-2H3,(H,17,18). The molecule has 0 aromatic carbocycles. The van der Waals surface area contributed by atoms with E-state index in [4.69, 9.17) is 10.2 Å². The SMILES string of the molecule is CC(C)CNC(C(=O)O)c1cn(CCCO)nn1. The van der Waals surface area contributed by atoms with E-state index >= 15 is 0 Å². The van der Waals surface area contributed by atoms with Crippen LogP contribution < -0.4 is 5.32 Å².